The molecule has 0 aliphatic rings. The van der Waals surface area contributed by atoms with Gasteiger partial charge in [0.05, 0.1) is 56.8 Å². The molecule has 0 aliphatic heterocycles. The van der Waals surface area contributed by atoms with Crippen molar-refractivity contribution in [2.75, 3.05) is 26.4 Å². The van der Waals surface area contributed by atoms with Gasteiger partial charge in [-0.05, 0) is 110 Å². The maximum Gasteiger partial charge on any atom is 0.338 e. The number of hydrogen-bond donors (Lipinski definition) is 0. The second-order valence-electron chi connectivity index (χ2n) is 14.7. The van der Waals surface area contributed by atoms with E-state index in [1.807, 2.05) is 30.3 Å². The Hall–Kier alpha value is -4.92. The molecule has 0 aliphatic carbocycles. The summed E-state index contributed by atoms with van der Waals surface area (Å²) < 4.78 is 28.1. The molecule has 304 valence electrons. The summed E-state index contributed by atoms with van der Waals surface area (Å²) in [4.78, 5) is 57.5. The van der Waals surface area contributed by atoms with E-state index in [1.54, 1.807) is 97.3 Å². The lowest BCUT2D eigenvalue weighted by Crippen LogP contribution is -2.34. The molecule has 7 aromatic rings. The van der Waals surface area contributed by atoms with Crippen molar-refractivity contribution < 1.29 is 38.1 Å². The maximum absolute atomic E-state index is 13.7. The average molecular weight is 881 g/mol. The predicted octanol–water partition coefficient (Wildman–Crippen LogP) is 12.5. The predicted molar refractivity (Wildman–Crippen MR) is 246 cm³/mol. The summed E-state index contributed by atoms with van der Waals surface area (Å²) in [6, 6.07) is 22.7. The molecule has 0 radical (unpaired) electrons. The van der Waals surface area contributed by atoms with Crippen molar-refractivity contribution in [1.29, 1.82) is 0 Å². The zero-order valence-electron chi connectivity index (χ0n) is 34.2. The molecule has 0 atom stereocenters. The number of aryl methyl sites for hydroxylation is 1. The van der Waals surface area contributed by atoms with Crippen LogP contribution in [0.25, 0.3) is 61.9 Å². The highest BCUT2D eigenvalue weighted by molar-refractivity contribution is 7.36. The lowest BCUT2D eigenvalue weighted by Gasteiger charge is -2.17. The fourth-order valence-corrected chi connectivity index (χ4v) is 13.6. The van der Waals surface area contributed by atoms with Crippen LogP contribution in [0, 0.1) is 6.92 Å². The average Bonchev–Trinajstić information content (AvgIpc) is 3.98. The number of esters is 4. The second kappa shape index (κ2) is 17.4. The third-order valence-electron chi connectivity index (χ3n) is 9.61. The van der Waals surface area contributed by atoms with E-state index in [9.17, 15) is 19.2 Å². The number of thiophene rings is 4. The standard InChI is InChI=1S/C46H44O8S4Si/c1-9-51-43(47)32-20-30(36-22-39-38(56-36)17-25(5)55-39)34(45(49)53-11-3)18-28(32)26-13-15-27(16-14-26)29-19-35(46(50)54-12-4)31(21-33(29)44(48)52-10-2)37-23-40-41(57-37)24-42(58-40)59(6,7)8/h13-24H,9-12H2,1-8H3. The number of hydrogen-bond acceptors (Lipinski definition) is 12. The van der Waals surface area contributed by atoms with E-state index in [0.717, 1.165) is 28.6 Å². The number of fused-ring (bicyclic) bond motifs is 2. The zero-order chi connectivity index (χ0) is 42.2. The minimum absolute atomic E-state index is 0.165. The first-order valence-corrected chi connectivity index (χ1v) is 26.2. The van der Waals surface area contributed by atoms with Crippen molar-refractivity contribution in [2.24, 2.45) is 0 Å². The summed E-state index contributed by atoms with van der Waals surface area (Å²) in [7, 11) is -1.52. The van der Waals surface area contributed by atoms with Gasteiger partial charge in [0.1, 0.15) is 0 Å². The Morgan fingerprint density at radius 3 is 1.15 bits per heavy atom. The van der Waals surface area contributed by atoms with Gasteiger partial charge in [0.15, 0.2) is 0 Å². The summed E-state index contributed by atoms with van der Waals surface area (Å²) in [5, 5.41) is 0. The van der Waals surface area contributed by atoms with Gasteiger partial charge in [0.25, 0.3) is 0 Å². The van der Waals surface area contributed by atoms with Crippen molar-refractivity contribution in [1.82, 2.24) is 0 Å². The van der Waals surface area contributed by atoms with Crippen LogP contribution in [0.5, 0.6) is 0 Å². The van der Waals surface area contributed by atoms with Gasteiger partial charge >= 0.3 is 23.9 Å². The molecule has 4 heterocycles. The van der Waals surface area contributed by atoms with Crippen molar-refractivity contribution in [2.45, 2.75) is 54.3 Å². The quantitative estimate of drug-likeness (QED) is 0.0640. The lowest BCUT2D eigenvalue weighted by molar-refractivity contribution is 0.0513. The van der Waals surface area contributed by atoms with E-state index in [2.05, 4.69) is 44.8 Å². The monoisotopic (exact) mass is 880 g/mol. The van der Waals surface area contributed by atoms with Crippen LogP contribution in [0.1, 0.15) is 74.0 Å². The molecule has 3 aromatic carbocycles. The fraction of sp³-hybridized carbons (Fsp3) is 0.261. The molecule has 4 aromatic heterocycles. The molecule has 0 bridgehead atoms. The third-order valence-corrected chi connectivity index (χ3v) is 17.8. The van der Waals surface area contributed by atoms with Crippen LogP contribution < -0.4 is 4.50 Å². The van der Waals surface area contributed by atoms with Crippen molar-refractivity contribution in [3.8, 4) is 43.1 Å². The van der Waals surface area contributed by atoms with Gasteiger partial charge in [-0.25, -0.2) is 19.2 Å². The molecular weight excluding hydrogens is 837 g/mol. The van der Waals surface area contributed by atoms with Gasteiger partial charge in [-0.3, -0.25) is 0 Å². The number of carbonyl (C=O) groups excluding carboxylic acids is 4. The van der Waals surface area contributed by atoms with E-state index in [4.69, 9.17) is 18.9 Å². The summed E-state index contributed by atoms with van der Waals surface area (Å²) in [6.07, 6.45) is 0. The Bertz CT molecular complexity index is 2680. The van der Waals surface area contributed by atoms with E-state index < -0.39 is 32.0 Å². The van der Waals surface area contributed by atoms with Crippen LogP contribution in [0.15, 0.2) is 72.8 Å². The van der Waals surface area contributed by atoms with Gasteiger partial charge < -0.3 is 18.9 Å². The van der Waals surface area contributed by atoms with Gasteiger partial charge in [-0.2, -0.15) is 0 Å². The molecule has 0 N–H and O–H groups in total. The Labute approximate surface area is 360 Å². The highest BCUT2D eigenvalue weighted by Gasteiger charge is 2.27. The Kier molecular flexibility index (Phi) is 12.4. The molecule has 0 unspecified atom stereocenters. The van der Waals surface area contributed by atoms with Crippen molar-refractivity contribution in [3.63, 3.8) is 0 Å². The highest BCUT2D eigenvalue weighted by atomic mass is 32.1. The van der Waals surface area contributed by atoms with E-state index in [0.29, 0.717) is 55.6 Å². The van der Waals surface area contributed by atoms with Crippen LogP contribution >= 0.6 is 45.3 Å². The first-order valence-electron chi connectivity index (χ1n) is 19.4. The minimum Gasteiger partial charge on any atom is -0.462 e. The maximum atomic E-state index is 13.7. The first-order chi connectivity index (χ1) is 28.2. The number of ether oxygens (including phenoxy) is 4. The normalized spacial score (nSPS) is 11.6. The molecule has 0 spiro atoms. The second-order valence-corrected chi connectivity index (χ2v) is 24.7. The molecule has 13 heteroatoms. The fourth-order valence-electron chi connectivity index (χ4n) is 6.85. The molecular formula is C46H44O8S4Si. The molecule has 8 nitrogen and oxygen atoms in total. The van der Waals surface area contributed by atoms with Crippen LogP contribution in [0.2, 0.25) is 19.6 Å². The third kappa shape index (κ3) is 8.57. The van der Waals surface area contributed by atoms with E-state index in [-0.39, 0.29) is 26.4 Å². The summed E-state index contributed by atoms with van der Waals surface area (Å²) in [5.41, 5.74) is 4.69. The summed E-state index contributed by atoms with van der Waals surface area (Å²) >= 11 is 6.60. The first kappa shape index (κ1) is 42.2. The van der Waals surface area contributed by atoms with Gasteiger partial charge in [-0.1, -0.05) is 43.9 Å². The van der Waals surface area contributed by atoms with Crippen molar-refractivity contribution >= 4 is 101 Å². The van der Waals surface area contributed by atoms with Crippen molar-refractivity contribution in [3.05, 3.63) is 99.9 Å². The number of benzene rings is 3. The smallest absolute Gasteiger partial charge is 0.338 e. The molecule has 7 rings (SSSR count). The SMILES string of the molecule is CCOC(=O)c1cc(-c2cc3sc(C)cc3s2)c(C(=O)OCC)cc1-c1ccc(-c2cc(C(=O)OCC)c(-c3cc4sc([Si](C)(C)C)cc4s3)cc2C(=O)OCC)cc1. The summed E-state index contributed by atoms with van der Waals surface area (Å²) in [5.74, 6) is -2.05. The molecule has 0 fully saturated rings. The highest BCUT2D eigenvalue weighted by Crippen LogP contribution is 2.44. The molecule has 0 saturated heterocycles. The van der Waals surface area contributed by atoms with E-state index >= 15 is 0 Å². The van der Waals surface area contributed by atoms with E-state index in [1.165, 1.54) is 9.38 Å². The summed E-state index contributed by atoms with van der Waals surface area (Å²) in [6.45, 7) is 16.7. The zero-order valence-corrected chi connectivity index (χ0v) is 38.4. The number of carbonyl (C=O) groups is 4. The largest absolute Gasteiger partial charge is 0.462 e. The van der Waals surface area contributed by atoms with Crippen LogP contribution in [0.4, 0.5) is 0 Å². The molecule has 59 heavy (non-hydrogen) atoms. The van der Waals surface area contributed by atoms with Crippen LogP contribution in [-0.4, -0.2) is 58.4 Å². The van der Waals surface area contributed by atoms with Crippen LogP contribution in [0.3, 0.4) is 0 Å². The van der Waals surface area contributed by atoms with Gasteiger partial charge in [0.2, 0.25) is 0 Å². The minimum atomic E-state index is -1.52. The number of rotatable bonds is 13. The molecule has 0 amide bonds. The van der Waals surface area contributed by atoms with Crippen LogP contribution in [-0.2, 0) is 18.9 Å². The Morgan fingerprint density at radius 1 is 0.458 bits per heavy atom. The lowest BCUT2D eigenvalue weighted by atomic mass is 9.90. The van der Waals surface area contributed by atoms with Gasteiger partial charge in [0, 0.05) is 44.6 Å². The Balaban J connectivity index is 1.37. The molecule has 0 saturated carbocycles. The van der Waals surface area contributed by atoms with Gasteiger partial charge in [-0.15, -0.1) is 45.3 Å². The topological polar surface area (TPSA) is 105 Å². The Morgan fingerprint density at radius 2 is 0.797 bits per heavy atom.